The normalized spacial score (nSPS) is 23.2. The molecular formula is C22H26N2O2. The molecule has 2 aromatic carbocycles. The molecule has 0 saturated heterocycles. The van der Waals surface area contributed by atoms with Crippen LogP contribution < -0.4 is 15.0 Å². The van der Waals surface area contributed by atoms with Crippen molar-refractivity contribution in [3.63, 3.8) is 0 Å². The number of amides is 1. The zero-order valence-corrected chi connectivity index (χ0v) is 15.9. The molecule has 2 heterocycles. The van der Waals surface area contributed by atoms with Gasteiger partial charge >= 0.3 is 0 Å². The van der Waals surface area contributed by atoms with Crippen molar-refractivity contribution in [2.24, 2.45) is 0 Å². The summed E-state index contributed by atoms with van der Waals surface area (Å²) in [7, 11) is 0. The van der Waals surface area contributed by atoms with E-state index in [1.54, 1.807) is 0 Å². The fraction of sp³-hybridized carbons (Fsp3) is 0.409. The van der Waals surface area contributed by atoms with Gasteiger partial charge in [0.1, 0.15) is 11.9 Å². The van der Waals surface area contributed by atoms with E-state index in [4.69, 9.17) is 4.74 Å². The van der Waals surface area contributed by atoms with E-state index >= 15 is 0 Å². The van der Waals surface area contributed by atoms with E-state index in [1.165, 1.54) is 5.56 Å². The Hall–Kier alpha value is -2.49. The Labute approximate surface area is 155 Å². The van der Waals surface area contributed by atoms with Crippen molar-refractivity contribution in [3.8, 4) is 5.75 Å². The molecule has 0 fully saturated rings. The lowest BCUT2D eigenvalue weighted by molar-refractivity contribution is 0.0914. The van der Waals surface area contributed by atoms with Gasteiger partial charge in [-0.2, -0.15) is 0 Å². The average Bonchev–Trinajstić information content (AvgIpc) is 2.61. The number of nitrogens with zero attached hydrogens (tertiary/aromatic N) is 1. The molecule has 26 heavy (non-hydrogen) atoms. The zero-order chi connectivity index (χ0) is 18.5. The highest BCUT2D eigenvalue weighted by atomic mass is 16.5. The summed E-state index contributed by atoms with van der Waals surface area (Å²) in [6.07, 6.45) is 0.865. The largest absolute Gasteiger partial charge is 0.494 e. The molecule has 4 heteroatoms. The number of anilines is 1. The number of hydrogen-bond acceptors (Lipinski definition) is 3. The molecule has 2 aromatic rings. The van der Waals surface area contributed by atoms with Crippen molar-refractivity contribution in [3.05, 3.63) is 59.2 Å². The zero-order valence-electron chi connectivity index (χ0n) is 15.9. The van der Waals surface area contributed by atoms with Crippen molar-refractivity contribution >= 4 is 11.6 Å². The summed E-state index contributed by atoms with van der Waals surface area (Å²) in [5, 5.41) is 3.22. The number of carbonyl (C=O) groups is 1. The highest BCUT2D eigenvalue weighted by Crippen LogP contribution is 2.51. The topological polar surface area (TPSA) is 41.6 Å². The molecule has 2 atom stereocenters. The lowest BCUT2D eigenvalue weighted by atomic mass is 9.77. The van der Waals surface area contributed by atoms with Gasteiger partial charge in [0.25, 0.3) is 5.91 Å². The second kappa shape index (κ2) is 6.04. The maximum absolute atomic E-state index is 13.0. The molecule has 0 bridgehead atoms. The van der Waals surface area contributed by atoms with Gasteiger partial charge in [0.05, 0.1) is 17.9 Å². The minimum atomic E-state index is -0.157. The molecule has 4 rings (SSSR count). The van der Waals surface area contributed by atoms with Crippen LogP contribution in [0, 0.1) is 0 Å². The summed E-state index contributed by atoms with van der Waals surface area (Å²) in [5.74, 6) is 1.12. The van der Waals surface area contributed by atoms with Crippen molar-refractivity contribution in [2.45, 2.75) is 51.7 Å². The second-order valence-electron chi connectivity index (χ2n) is 7.92. The first-order chi connectivity index (χ1) is 12.4. The van der Waals surface area contributed by atoms with Crippen molar-refractivity contribution in [1.29, 1.82) is 0 Å². The van der Waals surface area contributed by atoms with Crippen LogP contribution in [0.25, 0.3) is 0 Å². The van der Waals surface area contributed by atoms with Gasteiger partial charge in [-0.25, -0.2) is 0 Å². The third kappa shape index (κ3) is 2.56. The summed E-state index contributed by atoms with van der Waals surface area (Å²) in [4.78, 5) is 15.4. The molecule has 4 nitrogen and oxygen atoms in total. The maximum atomic E-state index is 13.0. The van der Waals surface area contributed by atoms with Crippen LogP contribution in [0.4, 0.5) is 5.69 Å². The molecule has 0 radical (unpaired) electrons. The third-order valence-corrected chi connectivity index (χ3v) is 5.54. The average molecular weight is 350 g/mol. The fourth-order valence-corrected chi connectivity index (χ4v) is 4.57. The van der Waals surface area contributed by atoms with Gasteiger partial charge in [0.15, 0.2) is 0 Å². The number of ether oxygens (including phenoxy) is 1. The van der Waals surface area contributed by atoms with Crippen molar-refractivity contribution in [2.75, 3.05) is 11.5 Å². The lowest BCUT2D eigenvalue weighted by Gasteiger charge is -2.53. The van der Waals surface area contributed by atoms with Gasteiger partial charge in [-0.05, 0) is 56.4 Å². The molecule has 0 saturated carbocycles. The van der Waals surface area contributed by atoms with Crippen LogP contribution in [0.1, 0.15) is 67.7 Å². The Bertz CT molecular complexity index is 845. The first-order valence-corrected chi connectivity index (χ1v) is 9.38. The summed E-state index contributed by atoms with van der Waals surface area (Å²) >= 11 is 0. The smallest absolute Gasteiger partial charge is 0.255 e. The van der Waals surface area contributed by atoms with E-state index in [9.17, 15) is 4.79 Å². The Kier molecular flexibility index (Phi) is 3.94. The standard InChI is InChI=1S/C22H26N2O2/c1-5-26-16-11-17-14(2)13-22(3,4)24-19(17)18(12-16)21(25)23-20(24)15-9-7-6-8-10-15/h6-12,14,20H,5,13H2,1-4H3,(H,23,25). The van der Waals surface area contributed by atoms with Crippen LogP contribution in [0.2, 0.25) is 0 Å². The van der Waals surface area contributed by atoms with Gasteiger partial charge in [0, 0.05) is 5.54 Å². The van der Waals surface area contributed by atoms with E-state index in [0.29, 0.717) is 12.5 Å². The number of benzene rings is 2. The van der Waals surface area contributed by atoms with Crippen LogP contribution in [-0.2, 0) is 0 Å². The second-order valence-corrected chi connectivity index (χ2v) is 7.92. The van der Waals surface area contributed by atoms with Gasteiger partial charge in [-0.3, -0.25) is 4.79 Å². The molecule has 0 spiro atoms. The fourth-order valence-electron chi connectivity index (χ4n) is 4.57. The summed E-state index contributed by atoms with van der Waals surface area (Å²) in [6.45, 7) is 9.33. The highest BCUT2D eigenvalue weighted by molar-refractivity contribution is 6.04. The molecular weight excluding hydrogens is 324 g/mol. The molecule has 0 aromatic heterocycles. The predicted octanol–water partition coefficient (Wildman–Crippen LogP) is 4.62. The minimum Gasteiger partial charge on any atom is -0.494 e. The summed E-state index contributed by atoms with van der Waals surface area (Å²) in [5.41, 5.74) is 4.03. The van der Waals surface area contributed by atoms with Crippen LogP contribution in [0.3, 0.4) is 0 Å². The SMILES string of the molecule is CCOc1cc2c3c(c1)C(C)CC(C)(C)N3C(c1ccccc1)NC2=O. The Morgan fingerprint density at radius 3 is 2.65 bits per heavy atom. The van der Waals surface area contributed by atoms with E-state index in [1.807, 2.05) is 31.2 Å². The number of rotatable bonds is 3. The first-order valence-electron chi connectivity index (χ1n) is 9.38. The summed E-state index contributed by atoms with van der Waals surface area (Å²) < 4.78 is 5.74. The third-order valence-electron chi connectivity index (χ3n) is 5.54. The Balaban J connectivity index is 1.94. The van der Waals surface area contributed by atoms with Gasteiger partial charge in [0.2, 0.25) is 0 Å². The van der Waals surface area contributed by atoms with Crippen LogP contribution in [0.15, 0.2) is 42.5 Å². The van der Waals surface area contributed by atoms with Gasteiger partial charge in [-0.1, -0.05) is 37.3 Å². The molecule has 0 aliphatic carbocycles. The minimum absolute atomic E-state index is 0.0298. The van der Waals surface area contributed by atoms with E-state index in [2.05, 4.69) is 49.2 Å². The predicted molar refractivity (Wildman–Crippen MR) is 104 cm³/mol. The van der Waals surface area contributed by atoms with Gasteiger partial charge in [-0.15, -0.1) is 0 Å². The number of hydrogen-bond donors (Lipinski definition) is 1. The van der Waals surface area contributed by atoms with Gasteiger partial charge < -0.3 is 15.0 Å². The van der Waals surface area contributed by atoms with E-state index in [-0.39, 0.29) is 17.6 Å². The molecule has 1 N–H and O–H groups in total. The molecule has 1 amide bonds. The Morgan fingerprint density at radius 2 is 1.96 bits per heavy atom. The highest BCUT2D eigenvalue weighted by Gasteiger charge is 2.46. The maximum Gasteiger partial charge on any atom is 0.255 e. The van der Waals surface area contributed by atoms with E-state index < -0.39 is 0 Å². The lowest BCUT2D eigenvalue weighted by Crippen LogP contribution is -2.58. The number of nitrogens with one attached hydrogen (secondary N) is 1. The molecule has 136 valence electrons. The van der Waals surface area contributed by atoms with Crippen molar-refractivity contribution < 1.29 is 9.53 Å². The first kappa shape index (κ1) is 17.0. The van der Waals surface area contributed by atoms with E-state index in [0.717, 1.165) is 29.0 Å². The Morgan fingerprint density at radius 1 is 1.23 bits per heavy atom. The molecule has 2 aliphatic heterocycles. The monoisotopic (exact) mass is 350 g/mol. The van der Waals surface area contributed by atoms with Crippen LogP contribution in [0.5, 0.6) is 5.75 Å². The van der Waals surface area contributed by atoms with Crippen LogP contribution >= 0.6 is 0 Å². The quantitative estimate of drug-likeness (QED) is 0.878. The summed E-state index contributed by atoms with van der Waals surface area (Å²) in [6, 6.07) is 14.2. The van der Waals surface area contributed by atoms with Crippen LogP contribution in [-0.4, -0.2) is 18.1 Å². The van der Waals surface area contributed by atoms with Crippen molar-refractivity contribution in [1.82, 2.24) is 5.32 Å². The number of carbonyl (C=O) groups excluding carboxylic acids is 1. The molecule has 2 unspecified atom stereocenters. The molecule has 2 aliphatic rings.